The van der Waals surface area contributed by atoms with Crippen molar-refractivity contribution in [2.75, 3.05) is 13.2 Å². The fourth-order valence-corrected chi connectivity index (χ4v) is 7.02. The average molecular weight is 880 g/mol. The second-order valence-corrected chi connectivity index (χ2v) is 16.5. The van der Waals surface area contributed by atoms with E-state index in [0.29, 0.717) is 6.42 Å². The van der Waals surface area contributed by atoms with Crippen molar-refractivity contribution in [2.24, 2.45) is 0 Å². The Balaban J connectivity index is 2.17. The van der Waals surface area contributed by atoms with Crippen molar-refractivity contribution in [3.63, 3.8) is 0 Å². The Bertz CT molecular complexity index is 1340. The van der Waals surface area contributed by atoms with E-state index in [0.717, 1.165) is 89.9 Å². The molecule has 63 heavy (non-hydrogen) atoms. The number of carbonyl (C=O) groups is 1. The summed E-state index contributed by atoms with van der Waals surface area (Å²) in [6, 6.07) is -0.833. The lowest BCUT2D eigenvalue weighted by Crippen LogP contribution is -2.60. The van der Waals surface area contributed by atoms with Crippen LogP contribution in [-0.2, 0) is 14.3 Å². The molecule has 1 aliphatic heterocycles. The van der Waals surface area contributed by atoms with Gasteiger partial charge in [0.1, 0.15) is 24.4 Å². The van der Waals surface area contributed by atoms with Gasteiger partial charge in [0.2, 0.25) is 5.91 Å². The Kier molecular flexibility index (Phi) is 39.3. The van der Waals surface area contributed by atoms with Crippen LogP contribution in [0.15, 0.2) is 109 Å². The summed E-state index contributed by atoms with van der Waals surface area (Å²) < 4.78 is 11.2. The Labute approximate surface area is 383 Å². The normalized spacial score (nSPS) is 21.2. The van der Waals surface area contributed by atoms with Gasteiger partial charge in [-0.2, -0.15) is 0 Å². The van der Waals surface area contributed by atoms with Crippen molar-refractivity contribution in [3.05, 3.63) is 109 Å². The van der Waals surface area contributed by atoms with E-state index in [1.165, 1.54) is 57.8 Å². The van der Waals surface area contributed by atoms with Crippen LogP contribution in [0.3, 0.4) is 0 Å². The summed E-state index contributed by atoms with van der Waals surface area (Å²) in [5, 5.41) is 54.0. The zero-order chi connectivity index (χ0) is 45.9. The van der Waals surface area contributed by atoms with Gasteiger partial charge in [0, 0.05) is 6.42 Å². The van der Waals surface area contributed by atoms with Gasteiger partial charge in [-0.3, -0.25) is 4.79 Å². The van der Waals surface area contributed by atoms with E-state index >= 15 is 0 Å². The van der Waals surface area contributed by atoms with Crippen LogP contribution in [0, 0.1) is 0 Å². The molecule has 7 unspecified atom stereocenters. The van der Waals surface area contributed by atoms with Gasteiger partial charge in [-0.25, -0.2) is 0 Å². The van der Waals surface area contributed by atoms with Crippen LogP contribution >= 0.6 is 0 Å². The summed E-state index contributed by atoms with van der Waals surface area (Å²) in [4.78, 5) is 12.9. The van der Waals surface area contributed by atoms with Crippen LogP contribution in [0.5, 0.6) is 0 Å². The molecular formula is C54H89NO8. The van der Waals surface area contributed by atoms with Crippen LogP contribution in [-0.4, -0.2) is 87.5 Å². The van der Waals surface area contributed by atoms with Gasteiger partial charge < -0.3 is 40.3 Å². The average Bonchev–Trinajstić information content (AvgIpc) is 3.28. The highest BCUT2D eigenvalue weighted by Crippen LogP contribution is 2.22. The predicted molar refractivity (Wildman–Crippen MR) is 262 cm³/mol. The molecule has 1 amide bonds. The molecule has 9 heteroatoms. The predicted octanol–water partition coefficient (Wildman–Crippen LogP) is 11.1. The van der Waals surface area contributed by atoms with E-state index in [1.807, 2.05) is 19.1 Å². The van der Waals surface area contributed by atoms with Crippen molar-refractivity contribution < 1.29 is 39.8 Å². The number of unbranched alkanes of at least 4 members (excludes halogenated alkanes) is 14. The first-order valence-corrected chi connectivity index (χ1v) is 24.6. The number of ether oxygens (including phenoxy) is 2. The lowest BCUT2D eigenvalue weighted by Gasteiger charge is -2.40. The molecule has 1 fully saturated rings. The van der Waals surface area contributed by atoms with Crippen LogP contribution in [0.2, 0.25) is 0 Å². The topological polar surface area (TPSA) is 149 Å². The summed E-state index contributed by atoms with van der Waals surface area (Å²) in [7, 11) is 0. The molecule has 9 nitrogen and oxygen atoms in total. The first-order chi connectivity index (χ1) is 30.8. The number of hydrogen-bond donors (Lipinski definition) is 6. The Morgan fingerprint density at radius 2 is 1.02 bits per heavy atom. The number of nitrogens with one attached hydrogen (secondary N) is 1. The van der Waals surface area contributed by atoms with E-state index < -0.39 is 49.5 Å². The smallest absolute Gasteiger partial charge is 0.220 e. The standard InChI is InChI=1S/C54H89NO8/c1-3-5-7-9-11-13-14-15-16-17-18-19-20-21-22-23-24-25-26-27-28-29-30-31-32-33-34-36-38-40-42-44-50(58)55-47(48(57)43-41-39-37-35-12-10-8-6-4-2)46-62-54-53(61)52(60)51(59)49(45-56)63-54/h4-7,11-13,15-16,18-19,21-22,24-25,35,41,43,47-49,51-54,56-57,59-61H,3,8-10,14,17,20,23,26-34,36-40,42,44-46H2,1-2H3,(H,55,58)/b6-4+,7-5-,13-11-,16-15-,19-18-,22-21-,25-24-,35-12+,43-41+. The van der Waals surface area contributed by atoms with Crippen LogP contribution < -0.4 is 5.32 Å². The number of amides is 1. The second kappa shape index (κ2) is 42.8. The van der Waals surface area contributed by atoms with Gasteiger partial charge in [0.15, 0.2) is 6.29 Å². The van der Waals surface area contributed by atoms with E-state index in [9.17, 15) is 30.3 Å². The van der Waals surface area contributed by atoms with Crippen LogP contribution in [0.1, 0.15) is 168 Å². The maximum atomic E-state index is 12.9. The lowest BCUT2D eigenvalue weighted by atomic mass is 9.99. The molecule has 1 rings (SSSR count). The number of hydrogen-bond acceptors (Lipinski definition) is 8. The molecule has 0 aromatic rings. The number of allylic oxidation sites excluding steroid dienone is 17. The fourth-order valence-electron chi connectivity index (χ4n) is 7.02. The molecule has 0 aliphatic carbocycles. The van der Waals surface area contributed by atoms with E-state index in [1.54, 1.807) is 6.08 Å². The highest BCUT2D eigenvalue weighted by atomic mass is 16.7. The SMILES string of the molecule is C/C=C/CC/C=C/CC/C=C/C(O)C(COC1OC(CO)C(O)C(O)C1O)NC(=O)CCCCCCCCCCCCCC/C=C\C/C=C\C/C=C\C/C=C\C/C=C\C/C=C\CC. The number of aliphatic hydroxyl groups excluding tert-OH is 5. The summed E-state index contributed by atoms with van der Waals surface area (Å²) in [6.45, 7) is 3.38. The quantitative estimate of drug-likeness (QED) is 0.0264. The van der Waals surface area contributed by atoms with E-state index in [-0.39, 0.29) is 12.5 Å². The molecular weight excluding hydrogens is 791 g/mol. The molecule has 1 heterocycles. The molecule has 7 atom stereocenters. The van der Waals surface area contributed by atoms with Crippen LogP contribution in [0.4, 0.5) is 0 Å². The zero-order valence-corrected chi connectivity index (χ0v) is 39.3. The minimum Gasteiger partial charge on any atom is -0.394 e. The monoisotopic (exact) mass is 880 g/mol. The minimum atomic E-state index is -1.58. The molecule has 0 aromatic carbocycles. The van der Waals surface area contributed by atoms with E-state index in [4.69, 9.17) is 9.47 Å². The lowest BCUT2D eigenvalue weighted by molar-refractivity contribution is -0.302. The number of carbonyl (C=O) groups excluding carboxylic acids is 1. The molecule has 6 N–H and O–H groups in total. The van der Waals surface area contributed by atoms with Crippen molar-refractivity contribution in [3.8, 4) is 0 Å². The van der Waals surface area contributed by atoms with Gasteiger partial charge in [-0.15, -0.1) is 0 Å². The third-order valence-corrected chi connectivity index (χ3v) is 10.9. The Morgan fingerprint density at radius 3 is 1.52 bits per heavy atom. The first-order valence-electron chi connectivity index (χ1n) is 24.6. The highest BCUT2D eigenvalue weighted by Gasteiger charge is 2.44. The third-order valence-electron chi connectivity index (χ3n) is 10.9. The number of rotatable bonds is 39. The summed E-state index contributed by atoms with van der Waals surface area (Å²) in [5.74, 6) is -0.203. The minimum absolute atomic E-state index is 0.203. The summed E-state index contributed by atoms with van der Waals surface area (Å²) in [6.07, 6.45) is 56.0. The van der Waals surface area contributed by atoms with Gasteiger partial charge >= 0.3 is 0 Å². The first kappa shape index (κ1) is 57.9. The largest absolute Gasteiger partial charge is 0.394 e. The highest BCUT2D eigenvalue weighted by molar-refractivity contribution is 5.76. The van der Waals surface area contributed by atoms with Crippen molar-refractivity contribution in [2.45, 2.75) is 211 Å². The van der Waals surface area contributed by atoms with Gasteiger partial charge in [-0.05, 0) is 90.4 Å². The van der Waals surface area contributed by atoms with Gasteiger partial charge in [0.25, 0.3) is 0 Å². The molecule has 0 aromatic heterocycles. The summed E-state index contributed by atoms with van der Waals surface area (Å²) >= 11 is 0. The molecule has 0 saturated carbocycles. The zero-order valence-electron chi connectivity index (χ0n) is 39.3. The number of aliphatic hydroxyl groups is 5. The molecule has 358 valence electrons. The van der Waals surface area contributed by atoms with Gasteiger partial charge in [0.05, 0.1) is 25.4 Å². The maximum Gasteiger partial charge on any atom is 0.220 e. The Hall–Kier alpha value is -3.15. The Morgan fingerprint density at radius 1 is 0.571 bits per heavy atom. The second-order valence-electron chi connectivity index (χ2n) is 16.5. The molecule has 0 radical (unpaired) electrons. The molecule has 1 aliphatic rings. The third kappa shape index (κ3) is 33.1. The van der Waals surface area contributed by atoms with Crippen molar-refractivity contribution >= 4 is 5.91 Å². The summed E-state index contributed by atoms with van der Waals surface area (Å²) in [5.41, 5.74) is 0. The molecule has 1 saturated heterocycles. The van der Waals surface area contributed by atoms with Crippen molar-refractivity contribution in [1.82, 2.24) is 5.32 Å². The van der Waals surface area contributed by atoms with E-state index in [2.05, 4.69) is 103 Å². The molecule has 0 bridgehead atoms. The van der Waals surface area contributed by atoms with Gasteiger partial charge in [-0.1, -0.05) is 181 Å². The maximum absolute atomic E-state index is 12.9. The van der Waals surface area contributed by atoms with Crippen LogP contribution in [0.25, 0.3) is 0 Å². The van der Waals surface area contributed by atoms with Crippen molar-refractivity contribution in [1.29, 1.82) is 0 Å². The fraction of sp³-hybridized carbons (Fsp3) is 0.648. The molecule has 0 spiro atoms.